The number of unbranched alkanes of at least 4 members (excludes halogenated alkanes) is 1. The summed E-state index contributed by atoms with van der Waals surface area (Å²) in [5.74, 6) is -0.322. The van der Waals surface area contributed by atoms with Crippen molar-refractivity contribution >= 4 is 27.6 Å². The number of carbonyl (C=O) groups is 1. The third-order valence-electron chi connectivity index (χ3n) is 5.44. The van der Waals surface area contributed by atoms with E-state index in [9.17, 15) is 18.5 Å². The number of rotatable bonds is 12. The molecule has 7 nitrogen and oxygen atoms in total. The zero-order valence-electron chi connectivity index (χ0n) is 19.4. The Morgan fingerprint density at radius 2 is 2.00 bits per heavy atom. The number of hydrogen-bond acceptors (Lipinski definition) is 8. The van der Waals surface area contributed by atoms with Crippen molar-refractivity contribution in [2.24, 2.45) is 0 Å². The molecule has 34 heavy (non-hydrogen) atoms. The highest BCUT2D eigenvalue weighted by atomic mass is 32.2. The number of nitrogens with zero attached hydrogens (tertiary/aromatic N) is 2. The minimum absolute atomic E-state index is 0.0439. The number of sulfone groups is 1. The van der Waals surface area contributed by atoms with Crippen LogP contribution in [0.15, 0.2) is 41.4 Å². The number of ether oxygens (including phenoxy) is 2. The summed E-state index contributed by atoms with van der Waals surface area (Å²) in [7, 11) is -3.40. The lowest BCUT2D eigenvalue weighted by atomic mass is 9.95. The quantitative estimate of drug-likeness (QED) is 0.315. The van der Waals surface area contributed by atoms with Crippen molar-refractivity contribution in [3.8, 4) is 11.8 Å². The first-order chi connectivity index (χ1) is 16.4. The molecule has 9 heteroatoms. The highest BCUT2D eigenvalue weighted by molar-refractivity contribution is 7.99. The molecule has 1 heterocycles. The minimum Gasteiger partial charge on any atom is -0.490 e. The Kier molecular flexibility index (Phi) is 9.78. The van der Waals surface area contributed by atoms with Gasteiger partial charge in [-0.1, -0.05) is 43.3 Å². The molecule has 2 aromatic rings. The maximum absolute atomic E-state index is 12.6. The molecule has 0 radical (unpaired) electrons. The largest absolute Gasteiger partial charge is 0.490 e. The highest BCUT2D eigenvalue weighted by Crippen LogP contribution is 2.27. The van der Waals surface area contributed by atoms with Crippen LogP contribution >= 0.6 is 11.8 Å². The van der Waals surface area contributed by atoms with Crippen molar-refractivity contribution < 1.29 is 22.7 Å². The molecule has 1 aromatic carbocycles. The number of esters is 1. The summed E-state index contributed by atoms with van der Waals surface area (Å²) in [6, 6.07) is 13.0. The number of aryl methyl sites for hydroxylation is 2. The van der Waals surface area contributed by atoms with Gasteiger partial charge in [0.25, 0.3) is 0 Å². The summed E-state index contributed by atoms with van der Waals surface area (Å²) in [5, 5.41) is 10.0. The number of benzene rings is 1. The molecule has 1 aliphatic carbocycles. The Hall–Kier alpha value is -2.57. The molecule has 1 atom stereocenters. The summed E-state index contributed by atoms with van der Waals surface area (Å²) in [6.07, 6.45) is 4.32. The van der Waals surface area contributed by atoms with Gasteiger partial charge in [-0.3, -0.25) is 4.79 Å². The predicted octanol–water partition coefficient (Wildman–Crippen LogP) is 4.13. The van der Waals surface area contributed by atoms with Gasteiger partial charge in [-0.15, -0.1) is 0 Å². The van der Waals surface area contributed by atoms with E-state index in [4.69, 9.17) is 9.47 Å². The van der Waals surface area contributed by atoms with Gasteiger partial charge in [0.2, 0.25) is 0 Å². The van der Waals surface area contributed by atoms with Crippen molar-refractivity contribution in [2.45, 2.75) is 56.6 Å². The van der Waals surface area contributed by atoms with E-state index in [0.717, 1.165) is 55.1 Å². The number of hydrogen-bond donors (Lipinski definition) is 0. The van der Waals surface area contributed by atoms with Crippen LogP contribution in [0.4, 0.5) is 0 Å². The number of carbonyl (C=O) groups excluding carboxylic acids is 1. The second-order valence-electron chi connectivity index (χ2n) is 8.26. The lowest BCUT2D eigenvalue weighted by molar-refractivity contribution is -0.146. The molecule has 0 amide bonds. The maximum Gasteiger partial charge on any atom is 0.316 e. The fourth-order valence-electron chi connectivity index (χ4n) is 3.70. The van der Waals surface area contributed by atoms with Crippen molar-refractivity contribution in [1.29, 1.82) is 5.26 Å². The lowest BCUT2D eigenvalue weighted by Gasteiger charge is -2.19. The van der Waals surface area contributed by atoms with Crippen molar-refractivity contribution in [3.63, 3.8) is 0 Å². The Morgan fingerprint density at radius 1 is 1.24 bits per heavy atom. The first kappa shape index (κ1) is 26.0. The molecule has 182 valence electrons. The molecule has 0 bridgehead atoms. The standard InChI is InChI=1S/C25H30N2O5S2/c1-2-3-13-34(29,30)18-22(16-31-21-10-5-4-6-11-21)32-24(28)17-33-25-20(15-26)14-19-9-7-8-12-23(19)27-25/h4-6,10-11,14,22H,2-3,7-9,12-13,16-18H2,1H3. The van der Waals surface area contributed by atoms with E-state index >= 15 is 0 Å². The Labute approximate surface area is 205 Å². The van der Waals surface area contributed by atoms with Gasteiger partial charge in [0.15, 0.2) is 9.84 Å². The summed E-state index contributed by atoms with van der Waals surface area (Å²) < 4.78 is 36.2. The normalized spacial score (nSPS) is 14.0. The highest BCUT2D eigenvalue weighted by Gasteiger charge is 2.24. The van der Waals surface area contributed by atoms with E-state index in [-0.39, 0.29) is 23.9 Å². The van der Waals surface area contributed by atoms with Crippen LogP contribution in [0.1, 0.15) is 49.4 Å². The van der Waals surface area contributed by atoms with Gasteiger partial charge in [-0.25, -0.2) is 13.4 Å². The van der Waals surface area contributed by atoms with E-state index in [0.29, 0.717) is 22.8 Å². The molecule has 0 fully saturated rings. The summed E-state index contributed by atoms with van der Waals surface area (Å²) in [6.45, 7) is 1.86. The molecule has 1 aromatic heterocycles. The van der Waals surface area contributed by atoms with E-state index in [1.54, 1.807) is 12.1 Å². The van der Waals surface area contributed by atoms with Crippen LogP contribution in [0.25, 0.3) is 0 Å². The van der Waals surface area contributed by atoms with Gasteiger partial charge < -0.3 is 9.47 Å². The van der Waals surface area contributed by atoms with Crippen LogP contribution in [0.3, 0.4) is 0 Å². The fraction of sp³-hybridized carbons (Fsp3) is 0.480. The second-order valence-corrected chi connectivity index (χ2v) is 11.5. The van der Waals surface area contributed by atoms with Crippen LogP contribution in [-0.4, -0.2) is 49.3 Å². The van der Waals surface area contributed by atoms with Gasteiger partial charge in [0.1, 0.15) is 29.6 Å². The fourth-order valence-corrected chi connectivity index (χ4v) is 6.09. The van der Waals surface area contributed by atoms with Gasteiger partial charge in [0.05, 0.1) is 22.8 Å². The van der Waals surface area contributed by atoms with Crippen molar-refractivity contribution in [3.05, 3.63) is 53.2 Å². The van der Waals surface area contributed by atoms with Crippen LogP contribution < -0.4 is 4.74 Å². The van der Waals surface area contributed by atoms with Crippen molar-refractivity contribution in [2.75, 3.05) is 23.9 Å². The van der Waals surface area contributed by atoms with E-state index in [1.165, 1.54) is 0 Å². The smallest absolute Gasteiger partial charge is 0.316 e. The second kappa shape index (κ2) is 12.8. The summed E-state index contributed by atoms with van der Waals surface area (Å²) in [5.41, 5.74) is 2.53. The maximum atomic E-state index is 12.6. The zero-order valence-corrected chi connectivity index (χ0v) is 21.0. The molecule has 3 rings (SSSR count). The Balaban J connectivity index is 1.64. The molecule has 1 unspecified atom stereocenters. The van der Waals surface area contributed by atoms with Crippen molar-refractivity contribution in [1.82, 2.24) is 4.98 Å². The molecule has 0 saturated heterocycles. The first-order valence-electron chi connectivity index (χ1n) is 11.5. The van der Waals surface area contributed by atoms with Crippen LogP contribution in [0.2, 0.25) is 0 Å². The van der Waals surface area contributed by atoms with Crippen LogP contribution in [-0.2, 0) is 32.2 Å². The topological polar surface area (TPSA) is 106 Å². The minimum atomic E-state index is -3.40. The van der Waals surface area contributed by atoms with Gasteiger partial charge in [-0.2, -0.15) is 5.26 Å². The average Bonchev–Trinajstić information content (AvgIpc) is 2.84. The molecule has 1 aliphatic rings. The molecular weight excluding hydrogens is 472 g/mol. The lowest BCUT2D eigenvalue weighted by Crippen LogP contribution is -2.33. The number of nitriles is 1. The molecule has 0 N–H and O–H groups in total. The van der Waals surface area contributed by atoms with Crippen LogP contribution in [0, 0.1) is 11.3 Å². The molecular formula is C25H30N2O5S2. The number of thioether (sulfide) groups is 1. The SMILES string of the molecule is CCCCS(=O)(=O)CC(COc1ccccc1)OC(=O)CSc1nc2c(cc1C#N)CCCC2. The Bertz CT molecular complexity index is 1110. The zero-order chi connectivity index (χ0) is 24.4. The third kappa shape index (κ3) is 8.03. The average molecular weight is 503 g/mol. The number of para-hydroxylation sites is 1. The van der Waals surface area contributed by atoms with Gasteiger partial charge >= 0.3 is 5.97 Å². The third-order valence-corrected chi connectivity index (χ3v) is 8.19. The van der Waals surface area contributed by atoms with E-state index < -0.39 is 21.9 Å². The Morgan fingerprint density at radius 3 is 2.74 bits per heavy atom. The van der Waals surface area contributed by atoms with Gasteiger partial charge in [-0.05, 0) is 55.9 Å². The van der Waals surface area contributed by atoms with Crippen LogP contribution in [0.5, 0.6) is 5.75 Å². The summed E-state index contributed by atoms with van der Waals surface area (Å²) in [4.78, 5) is 17.2. The number of aromatic nitrogens is 1. The predicted molar refractivity (Wildman–Crippen MR) is 132 cm³/mol. The molecule has 0 saturated carbocycles. The molecule has 0 spiro atoms. The van der Waals surface area contributed by atoms with E-state index in [1.807, 2.05) is 31.2 Å². The van der Waals surface area contributed by atoms with E-state index in [2.05, 4.69) is 11.1 Å². The summed E-state index contributed by atoms with van der Waals surface area (Å²) >= 11 is 1.14. The number of pyridine rings is 1. The molecule has 0 aliphatic heterocycles. The number of fused-ring (bicyclic) bond motifs is 1. The first-order valence-corrected chi connectivity index (χ1v) is 14.3. The monoisotopic (exact) mass is 502 g/mol. The van der Waals surface area contributed by atoms with Gasteiger partial charge in [0, 0.05) is 5.69 Å².